The van der Waals surface area contributed by atoms with Crippen molar-refractivity contribution in [1.82, 2.24) is 15.0 Å². The monoisotopic (exact) mass is 613 g/mol. The predicted octanol–water partition coefficient (Wildman–Crippen LogP) is 11.5. The third-order valence-corrected chi connectivity index (χ3v) is 8.54. The molecule has 3 heteroatoms. The third-order valence-electron chi connectivity index (χ3n) is 8.54. The van der Waals surface area contributed by atoms with E-state index in [1.54, 1.807) is 0 Å². The molecule has 48 heavy (non-hydrogen) atoms. The number of hydrogen-bond acceptors (Lipinski definition) is 3. The van der Waals surface area contributed by atoms with E-state index in [-0.39, 0.29) is 0 Å². The highest BCUT2D eigenvalue weighted by molar-refractivity contribution is 5.93. The van der Waals surface area contributed by atoms with Crippen molar-refractivity contribution in [2.75, 3.05) is 0 Å². The van der Waals surface area contributed by atoms with E-state index >= 15 is 0 Å². The van der Waals surface area contributed by atoms with Gasteiger partial charge in [-0.15, -0.1) is 0 Å². The van der Waals surface area contributed by atoms with E-state index < -0.39 is 0 Å². The number of hydrogen-bond donors (Lipinski definition) is 0. The van der Waals surface area contributed by atoms with Crippen LogP contribution in [0.4, 0.5) is 0 Å². The molecule has 1 heterocycles. The first-order valence-corrected chi connectivity index (χ1v) is 16.1. The van der Waals surface area contributed by atoms with Gasteiger partial charge in [0.1, 0.15) is 0 Å². The zero-order chi connectivity index (χ0) is 32.1. The van der Waals surface area contributed by atoms with E-state index in [2.05, 4.69) is 164 Å². The normalized spacial score (nSPS) is 10.9. The van der Waals surface area contributed by atoms with Crippen molar-refractivity contribution in [3.05, 3.63) is 188 Å². The molecule has 0 bridgehead atoms. The Morgan fingerprint density at radius 1 is 0.229 bits per heavy atom. The lowest BCUT2D eigenvalue weighted by Crippen LogP contribution is -2.02. The average molecular weight is 614 g/mol. The molecule has 0 amide bonds. The maximum atomic E-state index is 5.21. The van der Waals surface area contributed by atoms with E-state index in [1.165, 1.54) is 0 Å². The number of nitrogens with zero attached hydrogens (tertiary/aromatic N) is 3. The average Bonchev–Trinajstić information content (AvgIpc) is 3.19. The van der Waals surface area contributed by atoms with Crippen LogP contribution >= 0.6 is 0 Å². The summed E-state index contributed by atoms with van der Waals surface area (Å²) in [6, 6.07) is 65.1. The summed E-state index contributed by atoms with van der Waals surface area (Å²) in [5, 5.41) is 0. The minimum Gasteiger partial charge on any atom is -0.208 e. The molecule has 3 nitrogen and oxygen atoms in total. The van der Waals surface area contributed by atoms with Crippen LogP contribution in [0.3, 0.4) is 0 Å². The van der Waals surface area contributed by atoms with Gasteiger partial charge >= 0.3 is 0 Å². The van der Waals surface area contributed by atoms with Gasteiger partial charge < -0.3 is 0 Å². The fraction of sp³-hybridized carbons (Fsp3) is 0. The summed E-state index contributed by atoms with van der Waals surface area (Å²) in [6.45, 7) is 0. The van der Waals surface area contributed by atoms with Gasteiger partial charge in [0.2, 0.25) is 0 Å². The predicted molar refractivity (Wildman–Crippen MR) is 198 cm³/mol. The molecule has 0 fully saturated rings. The summed E-state index contributed by atoms with van der Waals surface area (Å²) in [6.07, 6.45) is 0. The summed E-state index contributed by atoms with van der Waals surface area (Å²) < 4.78 is 0. The van der Waals surface area contributed by atoms with Crippen LogP contribution in [0.2, 0.25) is 0 Å². The van der Waals surface area contributed by atoms with Crippen molar-refractivity contribution >= 4 is 0 Å². The van der Waals surface area contributed by atoms with E-state index in [0.29, 0.717) is 17.5 Å². The van der Waals surface area contributed by atoms with Crippen LogP contribution in [-0.2, 0) is 0 Å². The molecule has 0 saturated heterocycles. The minimum absolute atomic E-state index is 0.627. The molecule has 226 valence electrons. The first kappa shape index (κ1) is 29.0. The van der Waals surface area contributed by atoms with Crippen LogP contribution < -0.4 is 0 Å². The molecule has 0 aliphatic heterocycles. The molecular weight excluding hydrogens is 583 g/mol. The fourth-order valence-electron chi connectivity index (χ4n) is 6.20. The Bertz CT molecular complexity index is 2220. The highest BCUT2D eigenvalue weighted by atomic mass is 15.0. The summed E-state index contributed by atoms with van der Waals surface area (Å²) in [5.41, 5.74) is 11.8. The van der Waals surface area contributed by atoms with Crippen molar-refractivity contribution in [2.24, 2.45) is 0 Å². The minimum atomic E-state index is 0.627. The summed E-state index contributed by atoms with van der Waals surface area (Å²) in [4.78, 5) is 15.6. The van der Waals surface area contributed by atoms with Crippen LogP contribution in [0.25, 0.3) is 78.7 Å². The first-order chi connectivity index (χ1) is 23.8. The second-order valence-electron chi connectivity index (χ2n) is 11.7. The van der Waals surface area contributed by atoms with Crippen molar-refractivity contribution in [2.45, 2.75) is 0 Å². The Morgan fingerprint density at radius 3 is 1.08 bits per heavy atom. The highest BCUT2D eigenvalue weighted by Crippen LogP contribution is 2.40. The number of benzene rings is 7. The first-order valence-electron chi connectivity index (χ1n) is 16.1. The second kappa shape index (κ2) is 13.1. The van der Waals surface area contributed by atoms with Gasteiger partial charge in [0.15, 0.2) is 17.5 Å². The smallest absolute Gasteiger partial charge is 0.164 e. The molecule has 1 aromatic heterocycles. The van der Waals surface area contributed by atoms with Crippen LogP contribution in [-0.4, -0.2) is 15.0 Å². The summed E-state index contributed by atoms with van der Waals surface area (Å²) in [5.74, 6) is 1.88. The molecule has 0 atom stereocenters. The van der Waals surface area contributed by atoms with Crippen LogP contribution in [0.15, 0.2) is 188 Å². The molecule has 0 saturated carbocycles. The van der Waals surface area contributed by atoms with Gasteiger partial charge in [-0.05, 0) is 51.1 Å². The van der Waals surface area contributed by atoms with Crippen molar-refractivity contribution in [3.63, 3.8) is 0 Å². The highest BCUT2D eigenvalue weighted by Gasteiger charge is 2.19. The van der Waals surface area contributed by atoms with E-state index in [4.69, 9.17) is 15.0 Å². The van der Waals surface area contributed by atoms with Crippen molar-refractivity contribution in [3.8, 4) is 78.7 Å². The molecule has 8 rings (SSSR count). The lowest BCUT2D eigenvalue weighted by Gasteiger charge is -2.16. The van der Waals surface area contributed by atoms with Gasteiger partial charge in [-0.3, -0.25) is 0 Å². The molecule has 0 aliphatic carbocycles. The Kier molecular flexibility index (Phi) is 7.92. The lowest BCUT2D eigenvalue weighted by molar-refractivity contribution is 1.07. The SMILES string of the molecule is c1ccc(-c2cccc(-c3nc(-c4cccc(-c5ccccc5)c4)nc(-c4cccc(-c5ccccc5)c4-c4ccccc4)n3)c2)cc1. The lowest BCUT2D eigenvalue weighted by atomic mass is 9.90. The molecule has 0 spiro atoms. The van der Waals surface area contributed by atoms with Gasteiger partial charge in [-0.1, -0.05) is 176 Å². The third kappa shape index (κ3) is 5.93. The molecule has 0 aliphatic rings. The van der Waals surface area contributed by atoms with E-state index in [9.17, 15) is 0 Å². The van der Waals surface area contributed by atoms with Gasteiger partial charge in [0, 0.05) is 22.3 Å². The Morgan fingerprint density at radius 2 is 0.583 bits per heavy atom. The maximum absolute atomic E-state index is 5.21. The Hall–Kier alpha value is -6.45. The van der Waals surface area contributed by atoms with Crippen LogP contribution in [0.5, 0.6) is 0 Å². The molecule has 7 aromatic carbocycles. The van der Waals surface area contributed by atoms with Gasteiger partial charge in [0.05, 0.1) is 0 Å². The van der Waals surface area contributed by atoms with Crippen molar-refractivity contribution < 1.29 is 0 Å². The standard InChI is InChI=1S/C45H31N3/c1-5-16-32(17-6-1)36-24-13-26-38(30-36)43-46-44(39-27-14-25-37(31-39)33-18-7-2-8-19-33)48-45(47-43)41-29-15-28-40(34-20-9-3-10-21-34)42(41)35-22-11-4-12-23-35/h1-31H. The number of aromatic nitrogens is 3. The summed E-state index contributed by atoms with van der Waals surface area (Å²) >= 11 is 0. The largest absolute Gasteiger partial charge is 0.208 e. The van der Waals surface area contributed by atoms with Crippen LogP contribution in [0.1, 0.15) is 0 Å². The van der Waals surface area contributed by atoms with E-state index in [1.807, 2.05) is 24.3 Å². The Balaban J connectivity index is 1.36. The molecule has 0 unspecified atom stereocenters. The van der Waals surface area contributed by atoms with E-state index in [0.717, 1.165) is 61.2 Å². The van der Waals surface area contributed by atoms with Gasteiger partial charge in [0.25, 0.3) is 0 Å². The fourth-order valence-corrected chi connectivity index (χ4v) is 6.20. The summed E-state index contributed by atoms with van der Waals surface area (Å²) in [7, 11) is 0. The van der Waals surface area contributed by atoms with Crippen LogP contribution in [0, 0.1) is 0 Å². The molecular formula is C45H31N3. The topological polar surface area (TPSA) is 38.7 Å². The second-order valence-corrected chi connectivity index (χ2v) is 11.7. The quantitative estimate of drug-likeness (QED) is 0.179. The molecule has 0 N–H and O–H groups in total. The van der Waals surface area contributed by atoms with Crippen molar-refractivity contribution in [1.29, 1.82) is 0 Å². The van der Waals surface area contributed by atoms with Gasteiger partial charge in [-0.25, -0.2) is 15.0 Å². The Labute approximate surface area is 280 Å². The zero-order valence-electron chi connectivity index (χ0n) is 26.2. The van der Waals surface area contributed by atoms with Gasteiger partial charge in [-0.2, -0.15) is 0 Å². The molecule has 0 radical (unpaired) electrons. The maximum Gasteiger partial charge on any atom is 0.164 e. The molecule has 8 aromatic rings. The number of rotatable bonds is 7. The zero-order valence-corrected chi connectivity index (χ0v) is 26.2.